The Hall–Kier alpha value is -2.42. The maximum atomic E-state index is 13.0. The Morgan fingerprint density at radius 1 is 1.47 bits per heavy atom. The van der Waals surface area contributed by atoms with Crippen molar-refractivity contribution in [1.29, 1.82) is 5.26 Å². The number of hydrogen-bond donors (Lipinski definition) is 1. The van der Waals surface area contributed by atoms with E-state index in [0.717, 1.165) is 18.8 Å². The van der Waals surface area contributed by atoms with Crippen LogP contribution in [-0.4, -0.2) is 14.8 Å². The van der Waals surface area contributed by atoms with Gasteiger partial charge in [-0.3, -0.25) is 0 Å². The molecule has 0 aliphatic carbocycles. The maximum absolute atomic E-state index is 13.0. The molecule has 0 saturated carbocycles. The number of nitrogens with one attached hydrogen (secondary N) is 1. The summed E-state index contributed by atoms with van der Waals surface area (Å²) in [5.74, 6) is 0.367. The summed E-state index contributed by atoms with van der Waals surface area (Å²) >= 11 is 0. The van der Waals surface area contributed by atoms with Gasteiger partial charge in [-0.1, -0.05) is 6.92 Å². The third-order valence-electron chi connectivity index (χ3n) is 2.67. The molecular weight excluding hydrogens is 245 g/mol. The molecule has 2 aromatic rings. The SMILES string of the molecule is CCCn1ncnc1CNc1ccc(F)cc1C#N. The molecule has 1 aromatic heterocycles. The minimum atomic E-state index is -0.420. The van der Waals surface area contributed by atoms with Gasteiger partial charge in [-0.05, 0) is 24.6 Å². The number of halogens is 1. The molecule has 6 heteroatoms. The number of rotatable bonds is 5. The summed E-state index contributed by atoms with van der Waals surface area (Å²) in [6.07, 6.45) is 2.47. The fourth-order valence-electron chi connectivity index (χ4n) is 1.76. The lowest BCUT2D eigenvalue weighted by molar-refractivity contribution is 0.574. The van der Waals surface area contributed by atoms with Gasteiger partial charge in [0, 0.05) is 6.54 Å². The van der Waals surface area contributed by atoms with E-state index in [-0.39, 0.29) is 5.56 Å². The van der Waals surface area contributed by atoms with Crippen LogP contribution in [-0.2, 0) is 13.1 Å². The number of benzene rings is 1. The molecule has 1 N–H and O–H groups in total. The van der Waals surface area contributed by atoms with Gasteiger partial charge in [0.2, 0.25) is 0 Å². The van der Waals surface area contributed by atoms with Crippen LogP contribution in [0.1, 0.15) is 24.7 Å². The highest BCUT2D eigenvalue weighted by Gasteiger charge is 2.06. The van der Waals surface area contributed by atoms with E-state index in [0.29, 0.717) is 12.2 Å². The lowest BCUT2D eigenvalue weighted by Gasteiger charge is -2.09. The smallest absolute Gasteiger partial charge is 0.146 e. The summed E-state index contributed by atoms with van der Waals surface area (Å²) in [5.41, 5.74) is 0.872. The zero-order valence-electron chi connectivity index (χ0n) is 10.6. The molecule has 0 unspecified atom stereocenters. The first-order chi connectivity index (χ1) is 9.24. The molecule has 19 heavy (non-hydrogen) atoms. The van der Waals surface area contributed by atoms with Crippen LogP contribution in [0.25, 0.3) is 0 Å². The summed E-state index contributed by atoms with van der Waals surface area (Å²) in [6, 6.07) is 6.04. The van der Waals surface area contributed by atoms with Crippen molar-refractivity contribution in [3.8, 4) is 6.07 Å². The number of anilines is 1. The van der Waals surface area contributed by atoms with Crippen molar-refractivity contribution in [2.24, 2.45) is 0 Å². The predicted molar refractivity (Wildman–Crippen MR) is 68.8 cm³/mol. The first-order valence-corrected chi connectivity index (χ1v) is 6.04. The molecule has 0 atom stereocenters. The highest BCUT2D eigenvalue weighted by Crippen LogP contribution is 2.16. The summed E-state index contributed by atoms with van der Waals surface area (Å²) in [6.45, 7) is 3.30. The van der Waals surface area contributed by atoms with Crippen LogP contribution in [0, 0.1) is 17.1 Å². The van der Waals surface area contributed by atoms with Gasteiger partial charge in [-0.2, -0.15) is 10.4 Å². The van der Waals surface area contributed by atoms with Crippen molar-refractivity contribution in [2.45, 2.75) is 26.4 Å². The van der Waals surface area contributed by atoms with E-state index in [1.54, 1.807) is 6.07 Å². The molecule has 1 aromatic carbocycles. The van der Waals surface area contributed by atoms with Crippen molar-refractivity contribution < 1.29 is 4.39 Å². The average molecular weight is 259 g/mol. The van der Waals surface area contributed by atoms with Crippen molar-refractivity contribution >= 4 is 5.69 Å². The van der Waals surface area contributed by atoms with E-state index in [9.17, 15) is 4.39 Å². The van der Waals surface area contributed by atoms with Crippen LogP contribution < -0.4 is 5.32 Å². The summed E-state index contributed by atoms with van der Waals surface area (Å²) in [7, 11) is 0. The molecule has 0 aliphatic rings. The third-order valence-corrected chi connectivity index (χ3v) is 2.67. The zero-order chi connectivity index (χ0) is 13.7. The van der Waals surface area contributed by atoms with Crippen molar-refractivity contribution in [1.82, 2.24) is 14.8 Å². The van der Waals surface area contributed by atoms with E-state index >= 15 is 0 Å². The first kappa shape index (κ1) is 13.0. The molecule has 0 radical (unpaired) electrons. The molecule has 0 spiro atoms. The van der Waals surface area contributed by atoms with Gasteiger partial charge in [-0.25, -0.2) is 14.1 Å². The van der Waals surface area contributed by atoms with Gasteiger partial charge in [0.15, 0.2) is 0 Å². The first-order valence-electron chi connectivity index (χ1n) is 6.04. The van der Waals surface area contributed by atoms with Gasteiger partial charge in [0.05, 0.1) is 17.8 Å². The fraction of sp³-hybridized carbons (Fsp3) is 0.308. The van der Waals surface area contributed by atoms with E-state index in [2.05, 4.69) is 22.3 Å². The predicted octanol–water partition coefficient (Wildman–Crippen LogP) is 2.31. The lowest BCUT2D eigenvalue weighted by Crippen LogP contribution is -2.10. The molecule has 5 nitrogen and oxygen atoms in total. The molecular formula is C13H14FN5. The Kier molecular flexibility index (Phi) is 4.08. The number of aryl methyl sites for hydroxylation is 1. The third kappa shape index (κ3) is 3.07. The molecule has 0 amide bonds. The minimum Gasteiger partial charge on any atom is -0.377 e. The summed E-state index contributed by atoms with van der Waals surface area (Å²) in [4.78, 5) is 4.16. The second-order valence-electron chi connectivity index (χ2n) is 4.05. The Labute approximate surface area is 110 Å². The minimum absolute atomic E-state index is 0.279. The highest BCUT2D eigenvalue weighted by molar-refractivity contribution is 5.57. The molecule has 98 valence electrons. The van der Waals surface area contributed by atoms with Gasteiger partial charge in [0.1, 0.15) is 24.0 Å². The standard InChI is InChI=1S/C13H14FN5/c1-2-5-19-13(17-9-18-19)8-16-12-4-3-11(14)6-10(12)7-15/h3-4,6,9,16H,2,5,8H2,1H3. The molecule has 1 heterocycles. The quantitative estimate of drug-likeness (QED) is 0.894. The van der Waals surface area contributed by atoms with Crippen molar-refractivity contribution in [2.75, 3.05) is 5.32 Å². The van der Waals surface area contributed by atoms with E-state index in [4.69, 9.17) is 5.26 Å². The van der Waals surface area contributed by atoms with Crippen LogP contribution >= 0.6 is 0 Å². The highest BCUT2D eigenvalue weighted by atomic mass is 19.1. The molecule has 0 aliphatic heterocycles. The Balaban J connectivity index is 2.10. The van der Waals surface area contributed by atoms with Gasteiger partial charge >= 0.3 is 0 Å². The Morgan fingerprint density at radius 2 is 2.32 bits per heavy atom. The van der Waals surface area contributed by atoms with Crippen molar-refractivity contribution in [3.05, 3.63) is 41.7 Å². The lowest BCUT2D eigenvalue weighted by atomic mass is 10.2. The molecule has 0 bridgehead atoms. The van der Waals surface area contributed by atoms with E-state index in [1.165, 1.54) is 18.5 Å². The van der Waals surface area contributed by atoms with Gasteiger partial charge in [0.25, 0.3) is 0 Å². The Bertz CT molecular complexity index is 599. The fourth-order valence-corrected chi connectivity index (χ4v) is 1.76. The number of aromatic nitrogens is 3. The zero-order valence-corrected chi connectivity index (χ0v) is 10.6. The van der Waals surface area contributed by atoms with Crippen LogP contribution in [0.5, 0.6) is 0 Å². The average Bonchev–Trinajstić information content (AvgIpc) is 2.85. The molecule has 0 saturated heterocycles. The normalized spacial score (nSPS) is 10.2. The monoisotopic (exact) mass is 259 g/mol. The van der Waals surface area contributed by atoms with Crippen LogP contribution in [0.3, 0.4) is 0 Å². The van der Waals surface area contributed by atoms with E-state index < -0.39 is 5.82 Å². The summed E-state index contributed by atoms with van der Waals surface area (Å²) < 4.78 is 14.8. The topological polar surface area (TPSA) is 66.5 Å². The van der Waals surface area contributed by atoms with Crippen LogP contribution in [0.15, 0.2) is 24.5 Å². The molecule has 0 fully saturated rings. The molecule has 2 rings (SSSR count). The van der Waals surface area contributed by atoms with E-state index in [1.807, 2.05) is 10.8 Å². The number of nitriles is 1. The van der Waals surface area contributed by atoms with Crippen LogP contribution in [0.4, 0.5) is 10.1 Å². The van der Waals surface area contributed by atoms with Crippen LogP contribution in [0.2, 0.25) is 0 Å². The number of hydrogen-bond acceptors (Lipinski definition) is 4. The maximum Gasteiger partial charge on any atom is 0.146 e. The van der Waals surface area contributed by atoms with Crippen molar-refractivity contribution in [3.63, 3.8) is 0 Å². The second kappa shape index (κ2) is 5.96. The number of nitrogens with zero attached hydrogens (tertiary/aromatic N) is 4. The largest absolute Gasteiger partial charge is 0.377 e. The summed E-state index contributed by atoms with van der Waals surface area (Å²) in [5, 5.41) is 16.1. The Morgan fingerprint density at radius 3 is 3.05 bits per heavy atom. The van der Waals surface area contributed by atoms with Gasteiger partial charge in [-0.15, -0.1) is 0 Å². The van der Waals surface area contributed by atoms with Gasteiger partial charge < -0.3 is 5.32 Å². The second-order valence-corrected chi connectivity index (χ2v) is 4.05.